The van der Waals surface area contributed by atoms with Gasteiger partial charge in [0.1, 0.15) is 0 Å². The summed E-state index contributed by atoms with van der Waals surface area (Å²) >= 11 is 2.35. The topological polar surface area (TPSA) is 38.9 Å². The van der Waals surface area contributed by atoms with Gasteiger partial charge in [0.25, 0.3) is 0 Å². The normalized spacial score (nSPS) is 13.4. The van der Waals surface area contributed by atoms with Gasteiger partial charge in [-0.25, -0.2) is 4.98 Å². The predicted molar refractivity (Wildman–Crippen MR) is 75.0 cm³/mol. The zero-order chi connectivity index (χ0) is 14.8. The van der Waals surface area contributed by atoms with E-state index in [1.54, 1.807) is 24.6 Å². The van der Waals surface area contributed by atoms with Crippen molar-refractivity contribution in [3.8, 4) is 0 Å². The first kappa shape index (κ1) is 15.3. The fourth-order valence-electron chi connectivity index (χ4n) is 1.74. The molecule has 1 aromatic carbocycles. The van der Waals surface area contributed by atoms with Gasteiger partial charge in [-0.2, -0.15) is 13.2 Å². The van der Waals surface area contributed by atoms with Crippen LogP contribution in [-0.4, -0.2) is 11.0 Å². The van der Waals surface area contributed by atoms with E-state index in [-0.39, 0.29) is 10.9 Å². The van der Waals surface area contributed by atoms with E-state index in [0.29, 0.717) is 16.3 Å². The number of aromatic nitrogens is 1. The molecule has 0 amide bonds. The van der Waals surface area contributed by atoms with Crippen LogP contribution in [-0.2, 0) is 12.6 Å². The van der Waals surface area contributed by atoms with Gasteiger partial charge < -0.3 is 5.73 Å². The van der Waals surface area contributed by atoms with Gasteiger partial charge in [-0.3, -0.25) is 0 Å². The number of nitrogens with two attached hydrogens (primary N) is 1. The van der Waals surface area contributed by atoms with Gasteiger partial charge in [-0.15, -0.1) is 11.3 Å². The Hall–Kier alpha value is -1.05. The third-order valence-corrected chi connectivity index (χ3v) is 4.47. The zero-order valence-electron chi connectivity index (χ0n) is 10.6. The fourth-order valence-corrected chi connectivity index (χ4v) is 3.45. The van der Waals surface area contributed by atoms with Crippen LogP contribution in [0.15, 0.2) is 39.0 Å². The number of hydrogen-bond donors (Lipinski definition) is 1. The standard InChI is InChI=1S/C13H13F3N2S2/c1-8(17)6-9-2-3-11(10(7-9)13(14,15)16)20-12-18-4-5-19-12/h2-5,7-8H,6,17H2,1H3. The lowest BCUT2D eigenvalue weighted by atomic mass is 10.0. The molecule has 2 aromatic rings. The lowest BCUT2D eigenvalue weighted by Crippen LogP contribution is -2.18. The Bertz CT molecular complexity index is 565. The fraction of sp³-hybridized carbons (Fsp3) is 0.308. The first-order valence-electron chi connectivity index (χ1n) is 5.89. The second-order valence-corrected chi connectivity index (χ2v) is 6.59. The number of alkyl halides is 3. The number of nitrogens with zero attached hydrogens (tertiary/aromatic N) is 1. The maximum atomic E-state index is 13.1. The molecule has 1 aromatic heterocycles. The van der Waals surface area contributed by atoms with E-state index in [0.717, 1.165) is 11.8 Å². The second-order valence-electron chi connectivity index (χ2n) is 4.41. The molecular weight excluding hydrogens is 305 g/mol. The number of thiazole rings is 1. The quantitative estimate of drug-likeness (QED) is 0.918. The third-order valence-electron chi connectivity index (χ3n) is 2.51. The Balaban J connectivity index is 2.35. The summed E-state index contributed by atoms with van der Waals surface area (Å²) in [4.78, 5) is 4.17. The third kappa shape index (κ3) is 3.97. The molecule has 108 valence electrons. The highest BCUT2D eigenvalue weighted by molar-refractivity contribution is 8.01. The lowest BCUT2D eigenvalue weighted by molar-refractivity contribution is -0.139. The Morgan fingerprint density at radius 1 is 1.40 bits per heavy atom. The van der Waals surface area contributed by atoms with Crippen molar-refractivity contribution in [1.29, 1.82) is 0 Å². The van der Waals surface area contributed by atoms with Gasteiger partial charge in [0.05, 0.1) is 5.56 Å². The SMILES string of the molecule is CC(N)Cc1ccc(Sc2nccs2)c(C(F)(F)F)c1. The average Bonchev–Trinajstić information content (AvgIpc) is 2.82. The van der Waals surface area contributed by atoms with Crippen molar-refractivity contribution in [2.24, 2.45) is 5.73 Å². The summed E-state index contributed by atoms with van der Waals surface area (Å²) in [6, 6.07) is 4.19. The van der Waals surface area contributed by atoms with E-state index in [1.807, 2.05) is 0 Å². The molecule has 0 fully saturated rings. The van der Waals surface area contributed by atoms with Crippen LogP contribution in [0.1, 0.15) is 18.1 Å². The van der Waals surface area contributed by atoms with Gasteiger partial charge in [0.15, 0.2) is 4.34 Å². The van der Waals surface area contributed by atoms with Crippen LogP contribution in [0.25, 0.3) is 0 Å². The maximum Gasteiger partial charge on any atom is 0.417 e. The van der Waals surface area contributed by atoms with Crippen molar-refractivity contribution in [2.75, 3.05) is 0 Å². The first-order valence-corrected chi connectivity index (χ1v) is 7.59. The first-order chi connectivity index (χ1) is 9.36. The minimum atomic E-state index is -4.38. The van der Waals surface area contributed by atoms with Crippen molar-refractivity contribution in [2.45, 2.75) is 34.8 Å². The molecule has 1 heterocycles. The van der Waals surface area contributed by atoms with Gasteiger partial charge in [-0.1, -0.05) is 17.8 Å². The van der Waals surface area contributed by atoms with E-state index in [1.165, 1.54) is 23.5 Å². The van der Waals surface area contributed by atoms with Crippen LogP contribution < -0.4 is 5.73 Å². The summed E-state index contributed by atoms with van der Waals surface area (Å²) in [5, 5.41) is 1.74. The van der Waals surface area contributed by atoms with E-state index in [4.69, 9.17) is 5.73 Å². The monoisotopic (exact) mass is 318 g/mol. The van der Waals surface area contributed by atoms with E-state index in [9.17, 15) is 13.2 Å². The molecule has 0 saturated heterocycles. The van der Waals surface area contributed by atoms with E-state index >= 15 is 0 Å². The highest BCUT2D eigenvalue weighted by Crippen LogP contribution is 2.40. The minimum Gasteiger partial charge on any atom is -0.328 e. The number of rotatable bonds is 4. The number of benzene rings is 1. The molecule has 0 radical (unpaired) electrons. The molecule has 0 aliphatic rings. The van der Waals surface area contributed by atoms with Crippen LogP contribution in [0, 0.1) is 0 Å². The summed E-state index contributed by atoms with van der Waals surface area (Å²) in [6.07, 6.45) is -2.39. The summed E-state index contributed by atoms with van der Waals surface area (Å²) in [6.45, 7) is 1.77. The van der Waals surface area contributed by atoms with Crippen molar-refractivity contribution in [3.63, 3.8) is 0 Å². The van der Waals surface area contributed by atoms with Crippen LogP contribution in [0.4, 0.5) is 13.2 Å². The zero-order valence-corrected chi connectivity index (χ0v) is 12.3. The van der Waals surface area contributed by atoms with E-state index < -0.39 is 11.7 Å². The molecule has 1 atom stereocenters. The van der Waals surface area contributed by atoms with Crippen molar-refractivity contribution >= 4 is 23.1 Å². The average molecular weight is 318 g/mol. The molecule has 0 aliphatic heterocycles. The molecule has 1 unspecified atom stereocenters. The molecule has 0 saturated carbocycles. The van der Waals surface area contributed by atoms with E-state index in [2.05, 4.69) is 4.98 Å². The van der Waals surface area contributed by atoms with Gasteiger partial charge in [0.2, 0.25) is 0 Å². The van der Waals surface area contributed by atoms with Crippen molar-refractivity contribution < 1.29 is 13.2 Å². The number of halogens is 3. The smallest absolute Gasteiger partial charge is 0.328 e. The summed E-state index contributed by atoms with van der Waals surface area (Å²) in [5.41, 5.74) is 5.60. The van der Waals surface area contributed by atoms with Gasteiger partial charge in [-0.05, 0) is 31.0 Å². The van der Waals surface area contributed by atoms with Crippen molar-refractivity contribution in [1.82, 2.24) is 4.98 Å². The van der Waals surface area contributed by atoms with Gasteiger partial charge in [0, 0.05) is 22.5 Å². The van der Waals surface area contributed by atoms with Crippen LogP contribution in [0.3, 0.4) is 0 Å². The summed E-state index contributed by atoms with van der Waals surface area (Å²) in [5.74, 6) is 0. The molecule has 2 nitrogen and oxygen atoms in total. The minimum absolute atomic E-state index is 0.167. The van der Waals surface area contributed by atoms with Crippen LogP contribution in [0.5, 0.6) is 0 Å². The maximum absolute atomic E-state index is 13.1. The summed E-state index contributed by atoms with van der Waals surface area (Å²) in [7, 11) is 0. The summed E-state index contributed by atoms with van der Waals surface area (Å²) < 4.78 is 40.0. The highest BCUT2D eigenvalue weighted by Gasteiger charge is 2.34. The molecule has 7 heteroatoms. The highest BCUT2D eigenvalue weighted by atomic mass is 32.2. The largest absolute Gasteiger partial charge is 0.417 e. The second kappa shape index (κ2) is 6.15. The molecule has 2 N–H and O–H groups in total. The van der Waals surface area contributed by atoms with Crippen LogP contribution >= 0.6 is 23.1 Å². The number of hydrogen-bond acceptors (Lipinski definition) is 4. The van der Waals surface area contributed by atoms with Gasteiger partial charge >= 0.3 is 6.18 Å². The Labute approximate surface area is 123 Å². The predicted octanol–water partition coefficient (Wildman–Crippen LogP) is 4.20. The molecular formula is C13H13F3N2S2. The van der Waals surface area contributed by atoms with Crippen molar-refractivity contribution in [3.05, 3.63) is 40.9 Å². The molecule has 0 bridgehead atoms. The molecule has 0 aliphatic carbocycles. The Kier molecular flexibility index (Phi) is 4.72. The molecule has 2 rings (SSSR count). The Morgan fingerprint density at radius 3 is 2.70 bits per heavy atom. The Morgan fingerprint density at radius 2 is 2.15 bits per heavy atom. The molecule has 0 spiro atoms. The lowest BCUT2D eigenvalue weighted by Gasteiger charge is -2.14. The molecule has 20 heavy (non-hydrogen) atoms. The van der Waals surface area contributed by atoms with Crippen LogP contribution in [0.2, 0.25) is 0 Å².